The predicted molar refractivity (Wildman–Crippen MR) is 57.8 cm³/mol. The molecule has 0 aromatic rings. The fourth-order valence-electron chi connectivity index (χ4n) is 1.69. The van der Waals surface area contributed by atoms with Crippen LogP contribution >= 0.6 is 0 Å². The molecule has 0 spiro atoms. The van der Waals surface area contributed by atoms with Gasteiger partial charge in [-0.3, -0.25) is 0 Å². The molecule has 0 aromatic heterocycles. The second kappa shape index (κ2) is 5.61. The highest BCUT2D eigenvalue weighted by Crippen LogP contribution is 2.28. The van der Waals surface area contributed by atoms with Crippen LogP contribution in [0.5, 0.6) is 0 Å². The number of rotatable bonds is 1. The van der Waals surface area contributed by atoms with E-state index < -0.39 is 0 Å². The molecule has 2 nitrogen and oxygen atoms in total. The minimum Gasteiger partial charge on any atom is -0.374 e. The molecule has 0 aliphatic carbocycles. The molecule has 0 aromatic carbocycles. The van der Waals surface area contributed by atoms with E-state index in [2.05, 4.69) is 20.8 Å². The fourth-order valence-corrected chi connectivity index (χ4v) is 1.69. The second-order valence-corrected chi connectivity index (χ2v) is 3.71. The van der Waals surface area contributed by atoms with Crippen LogP contribution in [0.4, 0.5) is 0 Å². The van der Waals surface area contributed by atoms with Gasteiger partial charge < -0.3 is 10.5 Å². The van der Waals surface area contributed by atoms with Gasteiger partial charge in [0.2, 0.25) is 0 Å². The molecule has 2 heteroatoms. The molecule has 1 saturated heterocycles. The Labute approximate surface area is 82.8 Å². The molecule has 1 aliphatic heterocycles. The van der Waals surface area contributed by atoms with E-state index >= 15 is 0 Å². The first-order chi connectivity index (χ1) is 6.08. The highest BCUT2D eigenvalue weighted by molar-refractivity contribution is 4.92. The lowest BCUT2D eigenvalue weighted by atomic mass is 9.83. The highest BCUT2D eigenvalue weighted by atomic mass is 16.5. The van der Waals surface area contributed by atoms with E-state index in [1.54, 1.807) is 0 Å². The van der Waals surface area contributed by atoms with Crippen molar-refractivity contribution in [1.29, 1.82) is 0 Å². The summed E-state index contributed by atoms with van der Waals surface area (Å²) in [6.45, 7) is 10.3. The fraction of sp³-hybridized carbons (Fsp3) is 1.00. The topological polar surface area (TPSA) is 35.2 Å². The first-order valence-electron chi connectivity index (χ1n) is 5.53. The van der Waals surface area contributed by atoms with Crippen LogP contribution in [0.2, 0.25) is 0 Å². The van der Waals surface area contributed by atoms with Gasteiger partial charge in [0.1, 0.15) is 0 Å². The molecule has 2 N–H and O–H groups in total. The summed E-state index contributed by atoms with van der Waals surface area (Å²) in [5.74, 6) is 0. The van der Waals surface area contributed by atoms with Crippen LogP contribution in [-0.4, -0.2) is 17.7 Å². The molecule has 0 saturated carbocycles. The molecule has 0 bridgehead atoms. The largest absolute Gasteiger partial charge is 0.374 e. The van der Waals surface area contributed by atoms with Crippen LogP contribution < -0.4 is 5.73 Å². The lowest BCUT2D eigenvalue weighted by Crippen LogP contribution is -2.54. The van der Waals surface area contributed by atoms with Gasteiger partial charge in [-0.15, -0.1) is 0 Å². The third kappa shape index (κ3) is 3.28. The average Bonchev–Trinajstić information content (AvgIpc) is 2.16. The lowest BCUT2D eigenvalue weighted by molar-refractivity contribution is -0.0775. The Kier molecular flexibility index (Phi) is 5.57. The Hall–Kier alpha value is -0.0800. The molecule has 3 atom stereocenters. The minimum atomic E-state index is -0.0630. The average molecular weight is 187 g/mol. The molecule has 1 rings (SSSR count). The van der Waals surface area contributed by atoms with E-state index in [1.165, 1.54) is 0 Å². The lowest BCUT2D eigenvalue weighted by Gasteiger charge is -2.41. The third-order valence-electron chi connectivity index (χ3n) is 2.92. The number of nitrogens with two attached hydrogens (primary N) is 1. The van der Waals surface area contributed by atoms with Crippen molar-refractivity contribution in [1.82, 2.24) is 0 Å². The Balaban J connectivity index is 0.000000671. The summed E-state index contributed by atoms with van der Waals surface area (Å²) < 4.78 is 5.67. The van der Waals surface area contributed by atoms with E-state index in [0.29, 0.717) is 6.10 Å². The Morgan fingerprint density at radius 1 is 1.38 bits per heavy atom. The first-order valence-corrected chi connectivity index (χ1v) is 5.53. The van der Waals surface area contributed by atoms with Crippen LogP contribution in [0, 0.1) is 0 Å². The zero-order valence-electron chi connectivity index (χ0n) is 9.76. The van der Waals surface area contributed by atoms with Crippen LogP contribution in [0.3, 0.4) is 0 Å². The van der Waals surface area contributed by atoms with Crippen molar-refractivity contribution in [3.63, 3.8) is 0 Å². The maximum Gasteiger partial charge on any atom is 0.0729 e. The molecule has 80 valence electrons. The maximum atomic E-state index is 6.14. The highest BCUT2D eigenvalue weighted by Gasteiger charge is 2.35. The molecule has 1 aliphatic rings. The van der Waals surface area contributed by atoms with E-state index in [4.69, 9.17) is 10.5 Å². The number of ether oxygens (including phenoxy) is 1. The van der Waals surface area contributed by atoms with Crippen molar-refractivity contribution in [2.24, 2.45) is 5.73 Å². The molecular weight excluding hydrogens is 162 g/mol. The van der Waals surface area contributed by atoms with Crippen molar-refractivity contribution < 1.29 is 4.74 Å². The van der Waals surface area contributed by atoms with Crippen molar-refractivity contribution in [3.05, 3.63) is 0 Å². The Morgan fingerprint density at radius 2 is 1.92 bits per heavy atom. The first kappa shape index (κ1) is 12.9. The maximum absolute atomic E-state index is 6.14. The van der Waals surface area contributed by atoms with Crippen LogP contribution in [-0.2, 0) is 4.74 Å². The van der Waals surface area contributed by atoms with Crippen LogP contribution in [0.15, 0.2) is 0 Å². The molecule has 0 amide bonds. The molecule has 1 fully saturated rings. The summed E-state index contributed by atoms with van der Waals surface area (Å²) in [7, 11) is 0. The Morgan fingerprint density at radius 3 is 2.31 bits per heavy atom. The van der Waals surface area contributed by atoms with Gasteiger partial charge in [0.15, 0.2) is 0 Å². The summed E-state index contributed by atoms with van der Waals surface area (Å²) in [4.78, 5) is 0. The monoisotopic (exact) mass is 187 g/mol. The van der Waals surface area contributed by atoms with E-state index in [9.17, 15) is 0 Å². The van der Waals surface area contributed by atoms with Crippen LogP contribution in [0.1, 0.15) is 53.9 Å². The van der Waals surface area contributed by atoms with Crippen molar-refractivity contribution in [2.45, 2.75) is 71.6 Å². The van der Waals surface area contributed by atoms with Gasteiger partial charge in [-0.25, -0.2) is 0 Å². The quantitative estimate of drug-likeness (QED) is 0.685. The Bertz CT molecular complexity index is 138. The molecule has 0 radical (unpaired) electrons. The van der Waals surface area contributed by atoms with Crippen molar-refractivity contribution >= 4 is 0 Å². The van der Waals surface area contributed by atoms with Gasteiger partial charge in [0.25, 0.3) is 0 Å². The number of hydrogen-bond acceptors (Lipinski definition) is 2. The smallest absolute Gasteiger partial charge is 0.0729 e. The van der Waals surface area contributed by atoms with Gasteiger partial charge in [0, 0.05) is 5.54 Å². The molecule has 1 heterocycles. The summed E-state index contributed by atoms with van der Waals surface area (Å²) in [6.07, 6.45) is 3.84. The SMILES string of the molecule is CC.CCC1(N)CCC(C)OC1C. The normalized spacial score (nSPS) is 39.2. The van der Waals surface area contributed by atoms with Crippen LogP contribution in [0.25, 0.3) is 0 Å². The van der Waals surface area contributed by atoms with E-state index in [1.807, 2.05) is 13.8 Å². The van der Waals surface area contributed by atoms with E-state index in [0.717, 1.165) is 19.3 Å². The summed E-state index contributed by atoms with van der Waals surface area (Å²) >= 11 is 0. The minimum absolute atomic E-state index is 0.0630. The zero-order valence-corrected chi connectivity index (χ0v) is 9.76. The zero-order chi connectivity index (χ0) is 10.5. The predicted octanol–water partition coefficient (Wildman–Crippen LogP) is 2.71. The van der Waals surface area contributed by atoms with Gasteiger partial charge >= 0.3 is 0 Å². The van der Waals surface area contributed by atoms with Gasteiger partial charge in [-0.1, -0.05) is 20.8 Å². The van der Waals surface area contributed by atoms with Gasteiger partial charge in [0.05, 0.1) is 12.2 Å². The molecule has 13 heavy (non-hydrogen) atoms. The third-order valence-corrected chi connectivity index (χ3v) is 2.92. The standard InChI is InChI=1S/C9H19NO.C2H6/c1-4-9(10)6-5-7(2)11-8(9)3;1-2/h7-8H,4-6,10H2,1-3H3;1-2H3. The summed E-state index contributed by atoms with van der Waals surface area (Å²) in [6, 6.07) is 0. The van der Waals surface area contributed by atoms with Gasteiger partial charge in [-0.2, -0.15) is 0 Å². The number of hydrogen-bond donors (Lipinski definition) is 1. The summed E-state index contributed by atoms with van der Waals surface area (Å²) in [5, 5.41) is 0. The van der Waals surface area contributed by atoms with E-state index in [-0.39, 0.29) is 11.6 Å². The molecule has 3 unspecified atom stereocenters. The summed E-state index contributed by atoms with van der Waals surface area (Å²) in [5.41, 5.74) is 6.08. The second-order valence-electron chi connectivity index (χ2n) is 3.71. The van der Waals surface area contributed by atoms with Crippen molar-refractivity contribution in [2.75, 3.05) is 0 Å². The van der Waals surface area contributed by atoms with Crippen molar-refractivity contribution in [3.8, 4) is 0 Å². The van der Waals surface area contributed by atoms with Gasteiger partial charge in [-0.05, 0) is 33.1 Å². The molecular formula is C11H25NO.